The molecule has 17 heavy (non-hydrogen) atoms. The van der Waals surface area contributed by atoms with Crippen molar-refractivity contribution in [3.63, 3.8) is 0 Å². The van der Waals surface area contributed by atoms with Crippen LogP contribution in [0.4, 0.5) is 0 Å². The molecule has 0 fully saturated rings. The third-order valence-electron chi connectivity index (χ3n) is 4.31. The highest BCUT2D eigenvalue weighted by Crippen LogP contribution is 2.21. The highest BCUT2D eigenvalue weighted by molar-refractivity contribution is 4.60. The highest BCUT2D eigenvalue weighted by atomic mass is 14.1. The van der Waals surface area contributed by atoms with Crippen LogP contribution in [0.25, 0.3) is 0 Å². The summed E-state index contributed by atoms with van der Waals surface area (Å²) in [5.41, 5.74) is 0. The molecule has 0 saturated carbocycles. The Labute approximate surface area is 111 Å². The van der Waals surface area contributed by atoms with Gasteiger partial charge in [-0.1, -0.05) is 92.4 Å². The average Bonchev–Trinajstić information content (AvgIpc) is 2.30. The SMILES string of the molecule is CCC(C)C(C)CCCCCCCCC(C)C. The van der Waals surface area contributed by atoms with E-state index in [1.54, 1.807) is 0 Å². The number of hydrogen-bond donors (Lipinski definition) is 0. The van der Waals surface area contributed by atoms with Crippen molar-refractivity contribution in [2.24, 2.45) is 17.8 Å². The summed E-state index contributed by atoms with van der Waals surface area (Å²) in [7, 11) is 0. The van der Waals surface area contributed by atoms with E-state index in [0.717, 1.165) is 17.8 Å². The van der Waals surface area contributed by atoms with Crippen molar-refractivity contribution < 1.29 is 0 Å². The maximum atomic E-state index is 2.43. The normalized spacial score (nSPS) is 15.2. The number of rotatable bonds is 11. The van der Waals surface area contributed by atoms with Gasteiger partial charge in [-0.3, -0.25) is 0 Å². The van der Waals surface area contributed by atoms with Gasteiger partial charge in [-0.25, -0.2) is 0 Å². The fourth-order valence-electron chi connectivity index (χ4n) is 2.41. The minimum absolute atomic E-state index is 0.895. The zero-order valence-electron chi connectivity index (χ0n) is 13.1. The van der Waals surface area contributed by atoms with E-state index < -0.39 is 0 Å². The summed E-state index contributed by atoms with van der Waals surface area (Å²) in [6, 6.07) is 0. The van der Waals surface area contributed by atoms with Gasteiger partial charge in [0.2, 0.25) is 0 Å². The molecule has 0 rings (SSSR count). The first-order chi connectivity index (χ1) is 8.07. The first-order valence-corrected chi connectivity index (χ1v) is 8.07. The van der Waals surface area contributed by atoms with E-state index in [1.807, 2.05) is 0 Å². The van der Waals surface area contributed by atoms with Crippen LogP contribution in [-0.2, 0) is 0 Å². The second-order valence-electron chi connectivity index (χ2n) is 6.46. The van der Waals surface area contributed by atoms with Gasteiger partial charge in [0.15, 0.2) is 0 Å². The van der Waals surface area contributed by atoms with E-state index in [0.29, 0.717) is 0 Å². The highest BCUT2D eigenvalue weighted by Gasteiger charge is 2.08. The first-order valence-electron chi connectivity index (χ1n) is 8.07. The lowest BCUT2D eigenvalue weighted by Crippen LogP contribution is -2.06. The van der Waals surface area contributed by atoms with Gasteiger partial charge in [0.25, 0.3) is 0 Å². The van der Waals surface area contributed by atoms with Crippen LogP contribution in [0.15, 0.2) is 0 Å². The summed E-state index contributed by atoms with van der Waals surface area (Å²) in [6.45, 7) is 11.8. The zero-order valence-corrected chi connectivity index (χ0v) is 13.1. The summed E-state index contributed by atoms with van der Waals surface area (Å²) in [6.07, 6.45) is 13.0. The largest absolute Gasteiger partial charge is 0.0651 e. The molecule has 0 aliphatic carbocycles. The predicted molar refractivity (Wildman–Crippen MR) is 80.4 cm³/mol. The van der Waals surface area contributed by atoms with Crippen LogP contribution in [0.5, 0.6) is 0 Å². The fraction of sp³-hybridized carbons (Fsp3) is 1.00. The zero-order chi connectivity index (χ0) is 13.1. The second kappa shape index (κ2) is 11.1. The summed E-state index contributed by atoms with van der Waals surface area (Å²) < 4.78 is 0. The molecule has 0 aromatic rings. The van der Waals surface area contributed by atoms with Crippen molar-refractivity contribution in [1.82, 2.24) is 0 Å². The van der Waals surface area contributed by atoms with Crippen LogP contribution < -0.4 is 0 Å². The van der Waals surface area contributed by atoms with Crippen LogP contribution in [0.1, 0.15) is 92.4 Å². The van der Waals surface area contributed by atoms with Crippen molar-refractivity contribution in [2.75, 3.05) is 0 Å². The Morgan fingerprint density at radius 1 is 0.588 bits per heavy atom. The molecule has 0 radical (unpaired) electrons. The minimum Gasteiger partial charge on any atom is -0.0651 e. The average molecular weight is 240 g/mol. The Kier molecular flexibility index (Phi) is 11.1. The van der Waals surface area contributed by atoms with Crippen LogP contribution >= 0.6 is 0 Å². The molecule has 0 saturated heterocycles. The lowest BCUT2D eigenvalue weighted by Gasteiger charge is -2.17. The molecule has 0 spiro atoms. The van der Waals surface area contributed by atoms with E-state index in [-0.39, 0.29) is 0 Å². The topological polar surface area (TPSA) is 0 Å². The molecule has 2 atom stereocenters. The van der Waals surface area contributed by atoms with Crippen LogP contribution in [-0.4, -0.2) is 0 Å². The van der Waals surface area contributed by atoms with E-state index >= 15 is 0 Å². The quantitative estimate of drug-likeness (QED) is 0.364. The Hall–Kier alpha value is 0. The van der Waals surface area contributed by atoms with E-state index in [2.05, 4.69) is 34.6 Å². The monoisotopic (exact) mass is 240 g/mol. The molecule has 0 heteroatoms. The van der Waals surface area contributed by atoms with Gasteiger partial charge < -0.3 is 0 Å². The van der Waals surface area contributed by atoms with Crippen molar-refractivity contribution in [1.29, 1.82) is 0 Å². The van der Waals surface area contributed by atoms with Crippen LogP contribution in [0, 0.1) is 17.8 Å². The Bertz CT molecular complexity index is 148. The summed E-state index contributed by atoms with van der Waals surface area (Å²) in [5.74, 6) is 2.74. The van der Waals surface area contributed by atoms with E-state index in [9.17, 15) is 0 Å². The molecule has 104 valence electrons. The Balaban J connectivity index is 3.18. The van der Waals surface area contributed by atoms with Gasteiger partial charge in [-0.05, 0) is 17.8 Å². The van der Waals surface area contributed by atoms with Gasteiger partial charge >= 0.3 is 0 Å². The molecule has 0 aliphatic rings. The lowest BCUT2D eigenvalue weighted by atomic mass is 9.89. The van der Waals surface area contributed by atoms with Crippen molar-refractivity contribution in [2.45, 2.75) is 92.4 Å². The van der Waals surface area contributed by atoms with Gasteiger partial charge in [-0.2, -0.15) is 0 Å². The maximum absolute atomic E-state index is 2.43. The lowest BCUT2D eigenvalue weighted by molar-refractivity contribution is 0.342. The summed E-state index contributed by atoms with van der Waals surface area (Å²) in [4.78, 5) is 0. The molecular formula is C17H36. The van der Waals surface area contributed by atoms with Gasteiger partial charge in [-0.15, -0.1) is 0 Å². The first kappa shape index (κ1) is 17.0. The smallest absolute Gasteiger partial charge is 0.0417 e. The third-order valence-corrected chi connectivity index (χ3v) is 4.31. The third kappa shape index (κ3) is 10.9. The van der Waals surface area contributed by atoms with Crippen molar-refractivity contribution in [3.8, 4) is 0 Å². The number of unbranched alkanes of at least 4 members (excludes halogenated alkanes) is 5. The van der Waals surface area contributed by atoms with Gasteiger partial charge in [0.05, 0.1) is 0 Å². The van der Waals surface area contributed by atoms with Gasteiger partial charge in [0.1, 0.15) is 0 Å². The van der Waals surface area contributed by atoms with Crippen molar-refractivity contribution >= 4 is 0 Å². The van der Waals surface area contributed by atoms with Gasteiger partial charge in [0, 0.05) is 0 Å². The molecule has 0 aromatic heterocycles. The van der Waals surface area contributed by atoms with Crippen molar-refractivity contribution in [3.05, 3.63) is 0 Å². The Morgan fingerprint density at radius 3 is 1.53 bits per heavy atom. The Morgan fingerprint density at radius 2 is 1.06 bits per heavy atom. The molecule has 0 heterocycles. The molecule has 0 aliphatic heterocycles. The second-order valence-corrected chi connectivity index (χ2v) is 6.46. The standard InChI is InChI=1S/C17H36/c1-6-16(4)17(5)14-12-10-8-7-9-11-13-15(2)3/h15-17H,6-14H2,1-5H3. The number of hydrogen-bond acceptors (Lipinski definition) is 0. The summed E-state index contributed by atoms with van der Waals surface area (Å²) in [5, 5.41) is 0. The molecule has 0 nitrogen and oxygen atoms in total. The fourth-order valence-corrected chi connectivity index (χ4v) is 2.41. The van der Waals surface area contributed by atoms with E-state index in [1.165, 1.54) is 57.8 Å². The molecule has 2 unspecified atom stereocenters. The predicted octanol–water partition coefficient (Wildman–Crippen LogP) is 6.45. The minimum atomic E-state index is 0.895. The molecule has 0 amide bonds. The molecule has 0 bridgehead atoms. The molecule has 0 aromatic carbocycles. The molecule has 0 N–H and O–H groups in total. The van der Waals surface area contributed by atoms with Crippen LogP contribution in [0.3, 0.4) is 0 Å². The summed E-state index contributed by atoms with van der Waals surface area (Å²) >= 11 is 0. The maximum Gasteiger partial charge on any atom is -0.0417 e. The van der Waals surface area contributed by atoms with E-state index in [4.69, 9.17) is 0 Å². The van der Waals surface area contributed by atoms with Crippen LogP contribution in [0.2, 0.25) is 0 Å². The molecular weight excluding hydrogens is 204 g/mol.